The van der Waals surface area contributed by atoms with Gasteiger partial charge in [0.1, 0.15) is 17.1 Å². The fourth-order valence-corrected chi connectivity index (χ4v) is 3.74. The molecule has 34 heavy (non-hydrogen) atoms. The third kappa shape index (κ3) is 4.35. The van der Waals surface area contributed by atoms with Crippen molar-refractivity contribution >= 4 is 28.1 Å². The summed E-state index contributed by atoms with van der Waals surface area (Å²) in [6.45, 7) is 4.66. The lowest BCUT2D eigenvalue weighted by Crippen LogP contribution is -2.27. The lowest BCUT2D eigenvalue weighted by atomic mass is 9.93. The van der Waals surface area contributed by atoms with E-state index in [1.165, 1.54) is 45.2 Å². The quantitative estimate of drug-likeness (QED) is 0.406. The molecule has 0 spiro atoms. The summed E-state index contributed by atoms with van der Waals surface area (Å²) in [6.07, 6.45) is 2.75. The van der Waals surface area contributed by atoms with Crippen molar-refractivity contribution in [3.05, 3.63) is 59.0 Å². The van der Waals surface area contributed by atoms with Gasteiger partial charge in [-0.15, -0.1) is 0 Å². The van der Waals surface area contributed by atoms with Gasteiger partial charge in [-0.3, -0.25) is 9.59 Å². The molecule has 0 amide bonds. The number of benzene rings is 2. The van der Waals surface area contributed by atoms with Crippen LogP contribution in [0.1, 0.15) is 65.7 Å². The van der Waals surface area contributed by atoms with Crippen LogP contribution in [0.4, 0.5) is 0 Å². The Morgan fingerprint density at radius 1 is 1.09 bits per heavy atom. The van der Waals surface area contributed by atoms with Gasteiger partial charge < -0.3 is 24.1 Å². The van der Waals surface area contributed by atoms with E-state index >= 15 is 0 Å². The molecule has 0 unspecified atom stereocenters. The van der Waals surface area contributed by atoms with Crippen molar-refractivity contribution < 1.29 is 33.7 Å². The molecule has 2 N–H and O–H groups in total. The number of ketones is 2. The van der Waals surface area contributed by atoms with Crippen LogP contribution in [0.5, 0.6) is 17.2 Å². The molecule has 1 aliphatic rings. The second-order valence-corrected chi connectivity index (χ2v) is 8.45. The Kier molecular flexibility index (Phi) is 5.84. The predicted molar refractivity (Wildman–Crippen MR) is 126 cm³/mol. The van der Waals surface area contributed by atoms with E-state index in [0.29, 0.717) is 35.1 Å². The number of furan rings is 1. The second-order valence-electron chi connectivity index (χ2n) is 8.45. The van der Waals surface area contributed by atoms with E-state index in [9.17, 15) is 19.8 Å². The molecule has 0 fully saturated rings. The smallest absolute Gasteiger partial charge is 0.173 e. The Morgan fingerprint density at radius 3 is 2.47 bits per heavy atom. The summed E-state index contributed by atoms with van der Waals surface area (Å²) in [5.74, 6) is 6.11. The molecule has 1 aromatic heterocycles. The van der Waals surface area contributed by atoms with Crippen LogP contribution < -0.4 is 4.74 Å². The number of hydrogen-bond donors (Lipinski definition) is 2. The van der Waals surface area contributed by atoms with Crippen molar-refractivity contribution in [2.24, 2.45) is 0 Å². The van der Waals surface area contributed by atoms with Gasteiger partial charge in [-0.05, 0) is 57.5 Å². The number of fused-ring (bicyclic) bond motifs is 1. The Labute approximate surface area is 196 Å². The Hall–Kier alpha value is -4.18. The van der Waals surface area contributed by atoms with Crippen molar-refractivity contribution in [3.63, 3.8) is 0 Å². The highest BCUT2D eigenvalue weighted by molar-refractivity contribution is 6.00. The van der Waals surface area contributed by atoms with Gasteiger partial charge >= 0.3 is 0 Å². The minimum Gasteiger partial charge on any atom is -0.507 e. The molecule has 1 atom stereocenters. The number of allylic oxidation sites excluding steroid dienone is 1. The van der Waals surface area contributed by atoms with Gasteiger partial charge in [0.15, 0.2) is 28.7 Å². The average Bonchev–Trinajstić information content (AvgIpc) is 3.20. The second kappa shape index (κ2) is 8.64. The molecule has 7 nitrogen and oxygen atoms in total. The maximum Gasteiger partial charge on any atom is 0.173 e. The molecule has 2 heterocycles. The first-order valence-electron chi connectivity index (χ1n) is 10.7. The van der Waals surface area contributed by atoms with Crippen molar-refractivity contribution in [2.75, 3.05) is 7.11 Å². The van der Waals surface area contributed by atoms with E-state index in [-0.39, 0.29) is 39.9 Å². The Bertz CT molecular complexity index is 1410. The zero-order chi connectivity index (χ0) is 24.6. The lowest BCUT2D eigenvalue weighted by molar-refractivity contribution is 0.0790. The summed E-state index contributed by atoms with van der Waals surface area (Å²) in [4.78, 5) is 23.5. The predicted octanol–water partition coefficient (Wildman–Crippen LogP) is 5.22. The number of carbonyl (C=O) groups excluding carboxylic acids is 2. The number of ether oxygens (including phenoxy) is 2. The summed E-state index contributed by atoms with van der Waals surface area (Å²) in [5.41, 5.74) is 1.38. The van der Waals surface area contributed by atoms with Crippen molar-refractivity contribution in [1.82, 2.24) is 0 Å². The molecular formula is C27H24O7. The Balaban J connectivity index is 1.60. The van der Waals surface area contributed by atoms with Crippen LogP contribution in [0.25, 0.3) is 16.5 Å². The zero-order valence-electron chi connectivity index (χ0n) is 19.3. The fraction of sp³-hybridized carbons (Fsp3) is 0.259. The van der Waals surface area contributed by atoms with Crippen LogP contribution in [0, 0.1) is 11.8 Å². The molecule has 0 radical (unpaired) electrons. The third-order valence-electron chi connectivity index (χ3n) is 5.83. The number of Topliss-reactive ketones (excluding diaryl/α,β-unsaturated/α-hetero) is 2. The highest BCUT2D eigenvalue weighted by Crippen LogP contribution is 2.37. The number of methoxy groups -OCH3 is 1. The van der Waals surface area contributed by atoms with Crippen LogP contribution in [0.15, 0.2) is 41.0 Å². The molecule has 7 heteroatoms. The van der Waals surface area contributed by atoms with Crippen LogP contribution in [0.2, 0.25) is 0 Å². The van der Waals surface area contributed by atoms with Crippen LogP contribution in [0.3, 0.4) is 0 Å². The van der Waals surface area contributed by atoms with Gasteiger partial charge in [0, 0.05) is 22.9 Å². The maximum atomic E-state index is 11.8. The Morgan fingerprint density at radius 2 is 1.85 bits per heavy atom. The van der Waals surface area contributed by atoms with E-state index in [1.54, 1.807) is 12.3 Å². The first kappa shape index (κ1) is 23.0. The van der Waals surface area contributed by atoms with Crippen LogP contribution in [-0.4, -0.2) is 34.5 Å². The van der Waals surface area contributed by atoms with Crippen molar-refractivity contribution in [2.45, 2.75) is 39.2 Å². The minimum atomic E-state index is -0.818. The molecule has 174 valence electrons. The van der Waals surface area contributed by atoms with Crippen molar-refractivity contribution in [3.8, 4) is 29.1 Å². The van der Waals surface area contributed by atoms with E-state index in [4.69, 9.17) is 13.9 Å². The van der Waals surface area contributed by atoms with Crippen molar-refractivity contribution in [1.29, 1.82) is 0 Å². The van der Waals surface area contributed by atoms with Gasteiger partial charge in [0.25, 0.3) is 0 Å². The van der Waals surface area contributed by atoms with Gasteiger partial charge in [-0.25, -0.2) is 0 Å². The molecule has 2 aromatic carbocycles. The van der Waals surface area contributed by atoms with Crippen LogP contribution in [-0.2, 0) is 4.74 Å². The molecule has 4 rings (SSSR count). The third-order valence-corrected chi connectivity index (χ3v) is 5.83. The van der Waals surface area contributed by atoms with Gasteiger partial charge in [-0.1, -0.05) is 11.8 Å². The molecule has 0 bridgehead atoms. The summed E-state index contributed by atoms with van der Waals surface area (Å²) in [7, 11) is 1.41. The standard InChI is InChI=1S/C27H24O7/c1-15(28)19-9-17(26(31)25(11-19)32-4)5-7-27(3)8-6-18(14-33-27)23-12-20-10-22(30)21(16(2)29)13-24(20)34-23/h9-14,30-31H,6,8H2,1-4H3/t27-/m0/s1. The highest BCUT2D eigenvalue weighted by Gasteiger charge is 2.28. The maximum absolute atomic E-state index is 11.8. The number of phenols is 2. The fourth-order valence-electron chi connectivity index (χ4n) is 3.74. The van der Waals surface area contributed by atoms with E-state index in [0.717, 1.165) is 5.57 Å². The lowest BCUT2D eigenvalue weighted by Gasteiger charge is -2.28. The SMILES string of the molecule is COc1cc(C(C)=O)cc(C#C[C@@]2(C)CCC(c3cc4cc(O)c(C(C)=O)cc4o3)=CO2)c1O. The van der Waals surface area contributed by atoms with E-state index in [2.05, 4.69) is 11.8 Å². The average molecular weight is 460 g/mol. The summed E-state index contributed by atoms with van der Waals surface area (Å²) >= 11 is 0. The van der Waals surface area contributed by atoms with E-state index < -0.39 is 5.60 Å². The topological polar surface area (TPSA) is 106 Å². The van der Waals surface area contributed by atoms with Crippen LogP contribution >= 0.6 is 0 Å². The van der Waals surface area contributed by atoms with Gasteiger partial charge in [0.05, 0.1) is 24.5 Å². The largest absolute Gasteiger partial charge is 0.507 e. The number of phenolic OH excluding ortho intramolecular Hbond substituents is 2. The number of carbonyl (C=O) groups is 2. The summed E-state index contributed by atoms with van der Waals surface area (Å²) in [6, 6.07) is 7.84. The first-order chi connectivity index (χ1) is 16.1. The van der Waals surface area contributed by atoms with Gasteiger partial charge in [-0.2, -0.15) is 0 Å². The highest BCUT2D eigenvalue weighted by atomic mass is 16.5. The molecule has 1 aliphatic heterocycles. The zero-order valence-corrected chi connectivity index (χ0v) is 19.3. The first-order valence-corrected chi connectivity index (χ1v) is 10.7. The molecule has 0 aliphatic carbocycles. The molecule has 3 aromatic rings. The minimum absolute atomic E-state index is 0.0854. The summed E-state index contributed by atoms with van der Waals surface area (Å²) < 4.78 is 17.0. The number of aromatic hydroxyl groups is 2. The summed E-state index contributed by atoms with van der Waals surface area (Å²) in [5, 5.41) is 21.1. The number of hydrogen-bond acceptors (Lipinski definition) is 7. The van der Waals surface area contributed by atoms with E-state index in [1.807, 2.05) is 6.92 Å². The number of rotatable bonds is 4. The molecular weight excluding hydrogens is 436 g/mol. The molecule has 0 saturated carbocycles. The normalized spacial score (nSPS) is 17.4. The van der Waals surface area contributed by atoms with Gasteiger partial charge in [0.2, 0.25) is 0 Å². The molecule has 0 saturated heterocycles. The monoisotopic (exact) mass is 460 g/mol.